The van der Waals surface area contributed by atoms with Gasteiger partial charge >= 0.3 is 169 Å². The maximum absolute atomic E-state index is 11.7. The number of hydrogen-bond acceptors (Lipinski definition) is 15. The summed E-state index contributed by atoms with van der Waals surface area (Å²) in [7, 11) is 19.6. The summed E-state index contributed by atoms with van der Waals surface area (Å²) in [6.07, 6.45) is 1.03. The van der Waals surface area contributed by atoms with Crippen molar-refractivity contribution in [2.75, 3.05) is 40.5 Å². The van der Waals surface area contributed by atoms with Crippen LogP contribution in [0.4, 0.5) is 0 Å². The molecule has 5 rings (SSSR count). The number of phenolic OH excluding ortho intramolecular Hbond substituents is 2. The molecule has 4 aromatic rings. The molecule has 0 saturated carbocycles. The SMILES string of the molecule is CC.CC.CC.CC.CC(=O)c1ccccc1O.CCC(=O)c1ccccc1O.CCC(=O)c1ccccc1OCC(O)CN(C)C.CCC(=O)c1ccccc1OCC1CO1.SI(I)I.S[I-]I.[S]=[V].[S]=[V][I]. The van der Waals surface area contributed by atoms with Crippen LogP contribution in [0, 0.1) is 0 Å². The van der Waals surface area contributed by atoms with E-state index in [1.165, 1.54) is 19.1 Å². The third-order valence-electron chi connectivity index (χ3n) is 7.66. The summed E-state index contributed by atoms with van der Waals surface area (Å²) in [4.78, 5) is 47.0. The zero-order chi connectivity index (χ0) is 59.0. The standard InChI is InChI=1S/C14H21NO3.C12H14O3.C9H10O2.C8H8O2.4C2H6.HI3S.HI2S.HI.2S.2V/c1-4-13(17)12-7-5-6-8-14(12)18-10-11(16)9-15(2)3;1-2-11(13)10-5-3-4-6-12(10)15-8-9-7-14-9;1-2-8(10)7-5-3-4-6-9(7)11;1-6(9)7-4-2-3-5-8(7)10;4*1-2;1-3(2)4;1-2-3;;;;;/h5-8,11,16H,4,9-10H2,1-3H3;3-6,9H,2,7-8H2,1H3;3-6,11H,2H2,1H3;2-5,10H,1H3;4*1-2H3;4H;3H;1H;;;;/q;;;;;;;;;-1;;;;;+1/p-1. The Labute approximate surface area is 535 Å². The van der Waals surface area contributed by atoms with Crippen LogP contribution in [0.3, 0.4) is 0 Å². The number of thiol groups is 2. The van der Waals surface area contributed by atoms with Crippen molar-refractivity contribution in [1.82, 2.24) is 4.90 Å². The van der Waals surface area contributed by atoms with Gasteiger partial charge in [-0.2, -0.15) is 0 Å². The average Bonchev–Trinajstić information content (AvgIpc) is 4.26. The fraction of sp³-hybridized carbons (Fsp3) is 0.451. The maximum atomic E-state index is 11.7. The summed E-state index contributed by atoms with van der Waals surface area (Å²) in [5, 5.41) is 28.0. The van der Waals surface area contributed by atoms with Crippen LogP contribution in [0.5, 0.6) is 23.0 Å². The van der Waals surface area contributed by atoms with Crippen molar-refractivity contribution >= 4 is 150 Å². The van der Waals surface area contributed by atoms with Gasteiger partial charge in [0.1, 0.15) is 48.4 Å². The molecule has 11 nitrogen and oxygen atoms in total. The number of benzene rings is 4. The number of aromatic hydroxyl groups is 2. The minimum absolute atomic E-state index is 0.0249. The molecule has 0 aliphatic carbocycles. The molecule has 74 heavy (non-hydrogen) atoms. The molecule has 2 atom stereocenters. The van der Waals surface area contributed by atoms with Gasteiger partial charge in [0, 0.05) is 25.8 Å². The van der Waals surface area contributed by atoms with Gasteiger partial charge in [0.15, 0.2) is 23.1 Å². The average molecular weight is 1860 g/mol. The Hall–Kier alpha value is 1.33. The molecule has 1 saturated heterocycles. The summed E-state index contributed by atoms with van der Waals surface area (Å²) in [6, 6.07) is 27.6. The van der Waals surface area contributed by atoms with Crippen molar-refractivity contribution in [2.45, 2.75) is 115 Å². The Balaban J connectivity index is -0.000000146. The molecule has 1 heterocycles. The third-order valence-corrected chi connectivity index (χ3v) is 7.66. The van der Waals surface area contributed by atoms with Gasteiger partial charge in [-0.15, -0.1) is 0 Å². The fourth-order valence-corrected chi connectivity index (χ4v) is 4.71. The van der Waals surface area contributed by atoms with Crippen molar-refractivity contribution in [1.29, 1.82) is 0 Å². The number of aliphatic hydroxyl groups excluding tert-OH is 1. The number of hydrogen-bond donors (Lipinski definition) is 5. The van der Waals surface area contributed by atoms with Gasteiger partial charge in [-0.25, -0.2) is 0 Å². The van der Waals surface area contributed by atoms with E-state index >= 15 is 0 Å². The van der Waals surface area contributed by atoms with Gasteiger partial charge < -0.3 is 34.4 Å². The minimum atomic E-state index is -0.629. The molecule has 0 amide bonds. The topological polar surface area (TPSA) is 163 Å². The molecule has 23 heteroatoms. The second-order valence-electron chi connectivity index (χ2n) is 12.7. The molecule has 3 N–H and O–H groups in total. The van der Waals surface area contributed by atoms with E-state index in [9.17, 15) is 29.4 Å². The number of nitrogens with zero attached hydrogens (tertiary/aromatic N) is 1. The number of Topliss-reactive ketones (excluding diaryl/α,β-unsaturated/α-hetero) is 4. The van der Waals surface area contributed by atoms with Crippen molar-refractivity contribution in [3.63, 3.8) is 0 Å². The number of phenols is 2. The normalized spacial score (nSPS) is 10.9. The summed E-state index contributed by atoms with van der Waals surface area (Å²) < 4.78 is 16.1. The summed E-state index contributed by atoms with van der Waals surface area (Å²) in [5.41, 5.74) is 2.04. The van der Waals surface area contributed by atoms with Gasteiger partial charge in [0.05, 0.1) is 28.9 Å². The molecule has 425 valence electrons. The summed E-state index contributed by atoms with van der Waals surface area (Å²) >= 11 is 11.6. The van der Waals surface area contributed by atoms with E-state index in [-0.39, 0.29) is 74.4 Å². The first-order chi connectivity index (χ1) is 35.4. The van der Waals surface area contributed by atoms with Crippen LogP contribution in [0.25, 0.3) is 0 Å². The van der Waals surface area contributed by atoms with E-state index in [0.717, 1.165) is 6.61 Å². The van der Waals surface area contributed by atoms with E-state index < -0.39 is 16.6 Å². The quantitative estimate of drug-likeness (QED) is 0.0331. The molecule has 0 bridgehead atoms. The molecule has 1 fully saturated rings. The second kappa shape index (κ2) is 66.8. The molecule has 1 aliphatic rings. The van der Waals surface area contributed by atoms with Crippen LogP contribution in [0.1, 0.15) is 144 Å². The van der Waals surface area contributed by atoms with E-state index in [0.29, 0.717) is 66.2 Å². The zero-order valence-electron chi connectivity index (χ0n) is 44.9. The molecule has 2 unspecified atom stereocenters. The summed E-state index contributed by atoms with van der Waals surface area (Å²) in [6.45, 7) is 24.9. The number of epoxide rings is 1. The number of carbonyl (C=O) groups excluding carboxylic acids is 4. The van der Waals surface area contributed by atoms with Crippen LogP contribution >= 0.6 is 126 Å². The van der Waals surface area contributed by atoms with Crippen molar-refractivity contribution in [3.8, 4) is 23.0 Å². The Kier molecular flexibility index (Phi) is 80.5. The molecule has 0 radical (unpaired) electrons. The predicted molar refractivity (Wildman–Crippen MR) is 357 cm³/mol. The molecule has 0 aromatic heterocycles. The Bertz CT molecular complexity index is 1980. The number of ether oxygens (including phenoxy) is 3. The van der Waals surface area contributed by atoms with Crippen LogP contribution in [0.15, 0.2) is 97.1 Å². The number of aliphatic hydroxyl groups is 1. The Morgan fingerprint density at radius 1 is 0.730 bits per heavy atom. The molecule has 0 spiro atoms. The number of ketones is 4. The Morgan fingerprint density at radius 2 is 1.01 bits per heavy atom. The monoisotopic (exact) mass is 1860 g/mol. The summed E-state index contributed by atoms with van der Waals surface area (Å²) in [5.74, 6) is 1.35. The van der Waals surface area contributed by atoms with E-state index in [2.05, 4.69) is 116 Å². The van der Waals surface area contributed by atoms with Crippen LogP contribution < -0.4 is 25.3 Å². The van der Waals surface area contributed by atoms with Gasteiger partial charge in [-0.1, -0.05) is 125 Å². The van der Waals surface area contributed by atoms with E-state index in [1.54, 1.807) is 61.5 Å². The first-order valence-electron chi connectivity index (χ1n) is 23.2. The van der Waals surface area contributed by atoms with Gasteiger partial charge in [-0.3, -0.25) is 19.2 Å². The fourth-order valence-electron chi connectivity index (χ4n) is 4.71. The number of para-hydroxylation sites is 4. The number of carbonyl (C=O) groups is 4. The van der Waals surface area contributed by atoms with Gasteiger partial charge in [0.2, 0.25) is 0 Å². The van der Waals surface area contributed by atoms with Crippen LogP contribution in [-0.4, -0.2) is 96.0 Å². The third kappa shape index (κ3) is 53.9. The molecule has 4 aromatic carbocycles. The molecular formula is C51H79I6NO10S4V2-. The number of likely N-dealkylation sites (N-methyl/N-ethyl adjacent to an activating group) is 1. The van der Waals surface area contributed by atoms with Crippen molar-refractivity contribution in [3.05, 3.63) is 119 Å². The van der Waals surface area contributed by atoms with Crippen LogP contribution in [0.2, 0.25) is 0 Å². The van der Waals surface area contributed by atoms with Gasteiger partial charge in [0.25, 0.3) is 0 Å². The molecular weight excluding hydrogens is 1780 g/mol. The van der Waals surface area contributed by atoms with Crippen molar-refractivity contribution < 1.29 is 91.5 Å². The zero-order valence-corrected chi connectivity index (χ0v) is 64.0. The molecule has 1 aliphatic heterocycles. The van der Waals surface area contributed by atoms with Crippen LogP contribution in [-0.2, 0) is 31.6 Å². The van der Waals surface area contributed by atoms with Crippen molar-refractivity contribution in [2.24, 2.45) is 0 Å². The van der Waals surface area contributed by atoms with Gasteiger partial charge in [-0.05, 0) is 69.6 Å². The second-order valence-corrected chi connectivity index (χ2v) is 60.3. The number of rotatable bonds is 15. The first-order valence-corrected chi connectivity index (χ1v) is 57.1. The van der Waals surface area contributed by atoms with E-state index in [1.807, 2.05) is 134 Å². The number of halogens is 6. The van der Waals surface area contributed by atoms with E-state index in [4.69, 9.17) is 19.3 Å². The first kappa shape index (κ1) is 89.1. The predicted octanol–water partition coefficient (Wildman–Crippen LogP) is 14.8. The Morgan fingerprint density at radius 3 is 1.30 bits per heavy atom.